The van der Waals surface area contributed by atoms with E-state index in [2.05, 4.69) is 12.6 Å². The van der Waals surface area contributed by atoms with Crippen LogP contribution in [0.25, 0.3) is 22.3 Å². The quantitative estimate of drug-likeness (QED) is 0.143. The van der Waals surface area contributed by atoms with E-state index in [4.69, 9.17) is 23.4 Å². The summed E-state index contributed by atoms with van der Waals surface area (Å²) >= 11 is 0. The van der Waals surface area contributed by atoms with Crippen LogP contribution in [0.4, 0.5) is 0 Å². The molecule has 0 saturated carbocycles. The molecule has 1 aliphatic carbocycles. The Hall–Kier alpha value is -5.28. The fourth-order valence-electron chi connectivity index (χ4n) is 5.97. The number of aryl methyl sites for hydroxylation is 3. The normalized spacial score (nSPS) is 12.1. The molecule has 240 valence electrons. The minimum absolute atomic E-state index is 0.132. The van der Waals surface area contributed by atoms with Gasteiger partial charge in [-0.25, -0.2) is 13.2 Å². The van der Waals surface area contributed by atoms with Crippen molar-refractivity contribution < 1.29 is 31.8 Å². The molecule has 1 heterocycles. The molecule has 0 atom stereocenters. The Balaban J connectivity index is 1.45. The molecule has 0 spiro atoms. The number of hydrogen-bond acceptors (Lipinski definition) is 8. The number of benzene rings is 4. The molecule has 0 saturated heterocycles. The minimum Gasteiger partial charge on any atom is -0.497 e. The molecule has 0 unspecified atom stereocenters. The van der Waals surface area contributed by atoms with Gasteiger partial charge in [-0.2, -0.15) is 0 Å². The van der Waals surface area contributed by atoms with Crippen molar-refractivity contribution in [1.82, 2.24) is 0 Å². The molecule has 0 aliphatic heterocycles. The summed E-state index contributed by atoms with van der Waals surface area (Å²) in [5, 5.41) is 0. The lowest BCUT2D eigenvalue weighted by atomic mass is 9.82. The van der Waals surface area contributed by atoms with Gasteiger partial charge in [-0.15, -0.1) is 0 Å². The molecule has 0 N–H and O–H groups in total. The van der Waals surface area contributed by atoms with Gasteiger partial charge in [0.1, 0.15) is 17.2 Å². The van der Waals surface area contributed by atoms with Gasteiger partial charge in [0.25, 0.3) is 0 Å². The molecular weight excluding hydrogens is 616 g/mol. The standard InChI is InChI=1S/C38H34O8S/c1-24(47(40,41)30-8-6-5-7-9-30)10-11-26-20-28(42-2)15-16-31(26)33-23-32-27(21-35(33)44-4)13-12-25-14-17-34(43-3)38(37(25)32)46-29-18-19-45-36(39)22-29/h5-9,14-23H,1,10-13H2,2-4H3. The maximum absolute atomic E-state index is 13.3. The van der Waals surface area contributed by atoms with Crippen molar-refractivity contribution in [2.24, 2.45) is 0 Å². The highest BCUT2D eigenvalue weighted by Gasteiger charge is 2.27. The van der Waals surface area contributed by atoms with Crippen LogP contribution >= 0.6 is 0 Å². The first kappa shape index (κ1) is 31.7. The number of allylic oxidation sites excluding steroid dienone is 1. The van der Waals surface area contributed by atoms with Crippen LogP contribution in [-0.2, 0) is 29.1 Å². The minimum atomic E-state index is -3.70. The largest absolute Gasteiger partial charge is 0.497 e. The third-order valence-corrected chi connectivity index (χ3v) is 10.2. The molecule has 0 bridgehead atoms. The van der Waals surface area contributed by atoms with Crippen LogP contribution in [0.2, 0.25) is 0 Å². The van der Waals surface area contributed by atoms with Gasteiger partial charge in [0.05, 0.1) is 38.6 Å². The molecule has 6 rings (SSSR count). The molecule has 47 heavy (non-hydrogen) atoms. The molecular formula is C38H34O8S. The second kappa shape index (κ2) is 13.2. The van der Waals surface area contributed by atoms with Gasteiger partial charge in [0.2, 0.25) is 9.84 Å². The molecule has 8 nitrogen and oxygen atoms in total. The van der Waals surface area contributed by atoms with Crippen molar-refractivity contribution in [3.8, 4) is 51.0 Å². The van der Waals surface area contributed by atoms with E-state index < -0.39 is 15.5 Å². The SMILES string of the molecule is C=C(CCc1cc(OC)ccc1-c1cc2c(cc1OC)CCc1ccc(OC)c(Oc3ccoc(=O)c3)c1-2)S(=O)(=O)c1ccccc1. The zero-order chi connectivity index (χ0) is 33.1. The number of methoxy groups -OCH3 is 3. The molecule has 1 aliphatic rings. The Morgan fingerprint density at radius 2 is 1.53 bits per heavy atom. The monoisotopic (exact) mass is 650 g/mol. The summed E-state index contributed by atoms with van der Waals surface area (Å²) in [6.07, 6.45) is 3.46. The van der Waals surface area contributed by atoms with Gasteiger partial charge < -0.3 is 23.4 Å². The van der Waals surface area contributed by atoms with E-state index in [0.29, 0.717) is 35.2 Å². The van der Waals surface area contributed by atoms with E-state index in [1.54, 1.807) is 57.7 Å². The fourth-order valence-corrected chi connectivity index (χ4v) is 7.19. The summed E-state index contributed by atoms with van der Waals surface area (Å²) in [7, 11) is 1.11. The Morgan fingerprint density at radius 1 is 0.766 bits per heavy atom. The van der Waals surface area contributed by atoms with E-state index >= 15 is 0 Å². The van der Waals surface area contributed by atoms with E-state index in [1.807, 2.05) is 36.4 Å². The fraction of sp³-hybridized carbons (Fsp3) is 0.184. The lowest BCUT2D eigenvalue weighted by molar-refractivity contribution is 0.376. The van der Waals surface area contributed by atoms with Crippen molar-refractivity contribution >= 4 is 9.84 Å². The first-order valence-corrected chi connectivity index (χ1v) is 16.5. The highest BCUT2D eigenvalue weighted by atomic mass is 32.2. The van der Waals surface area contributed by atoms with Crippen LogP contribution in [0.15, 0.2) is 117 Å². The van der Waals surface area contributed by atoms with Gasteiger partial charge in [0.15, 0.2) is 11.5 Å². The molecule has 9 heteroatoms. The number of ether oxygens (including phenoxy) is 4. The lowest BCUT2D eigenvalue weighted by Crippen LogP contribution is -2.08. The van der Waals surface area contributed by atoms with Gasteiger partial charge in [-0.05, 0) is 96.0 Å². The number of fused-ring (bicyclic) bond motifs is 3. The summed E-state index contributed by atoms with van der Waals surface area (Å²) in [5.74, 6) is 2.67. The van der Waals surface area contributed by atoms with Crippen LogP contribution in [0.3, 0.4) is 0 Å². The molecule has 0 amide bonds. The topological polar surface area (TPSA) is 101 Å². The predicted octanol–water partition coefficient (Wildman–Crippen LogP) is 7.81. The van der Waals surface area contributed by atoms with Crippen molar-refractivity contribution in [1.29, 1.82) is 0 Å². The predicted molar refractivity (Wildman–Crippen MR) is 181 cm³/mol. The highest BCUT2D eigenvalue weighted by Crippen LogP contribution is 2.49. The van der Waals surface area contributed by atoms with Crippen LogP contribution < -0.4 is 24.6 Å². The number of rotatable bonds is 11. The average Bonchev–Trinajstić information content (AvgIpc) is 3.10. The summed E-state index contributed by atoms with van der Waals surface area (Å²) in [5.41, 5.74) is 5.99. The molecule has 0 fully saturated rings. The van der Waals surface area contributed by atoms with Gasteiger partial charge >= 0.3 is 5.63 Å². The van der Waals surface area contributed by atoms with Crippen molar-refractivity contribution in [2.75, 3.05) is 21.3 Å². The van der Waals surface area contributed by atoms with Crippen LogP contribution in [0.1, 0.15) is 23.1 Å². The number of hydrogen-bond donors (Lipinski definition) is 0. The van der Waals surface area contributed by atoms with Crippen molar-refractivity contribution in [2.45, 2.75) is 30.6 Å². The van der Waals surface area contributed by atoms with E-state index in [0.717, 1.165) is 51.8 Å². The Morgan fingerprint density at radius 3 is 2.26 bits per heavy atom. The van der Waals surface area contributed by atoms with E-state index in [9.17, 15) is 13.2 Å². The molecule has 4 aromatic carbocycles. The maximum Gasteiger partial charge on any atom is 0.339 e. The number of sulfone groups is 1. The molecule has 0 radical (unpaired) electrons. The third kappa shape index (κ3) is 6.26. The zero-order valence-electron chi connectivity index (χ0n) is 26.4. The molecule has 5 aromatic rings. The third-order valence-electron chi connectivity index (χ3n) is 8.39. The Kier molecular flexibility index (Phi) is 8.91. The van der Waals surface area contributed by atoms with Crippen LogP contribution in [-0.4, -0.2) is 29.7 Å². The summed E-state index contributed by atoms with van der Waals surface area (Å²) in [4.78, 5) is 12.3. The first-order valence-electron chi connectivity index (χ1n) is 15.1. The second-order valence-corrected chi connectivity index (χ2v) is 13.2. The van der Waals surface area contributed by atoms with Crippen LogP contribution in [0.5, 0.6) is 28.7 Å². The van der Waals surface area contributed by atoms with Crippen LogP contribution in [0, 0.1) is 0 Å². The molecule has 1 aromatic heterocycles. The summed E-state index contributed by atoms with van der Waals surface area (Å²) in [6.45, 7) is 3.95. The van der Waals surface area contributed by atoms with Gasteiger partial charge in [-0.3, -0.25) is 0 Å². The van der Waals surface area contributed by atoms with Gasteiger partial charge in [0, 0.05) is 22.1 Å². The summed E-state index contributed by atoms with van der Waals surface area (Å²) < 4.78 is 55.0. The summed E-state index contributed by atoms with van der Waals surface area (Å²) in [6, 6.07) is 25.0. The first-order chi connectivity index (χ1) is 22.7. The lowest BCUT2D eigenvalue weighted by Gasteiger charge is -2.26. The smallest absolute Gasteiger partial charge is 0.339 e. The maximum atomic E-state index is 13.3. The highest BCUT2D eigenvalue weighted by molar-refractivity contribution is 7.95. The Labute approximate surface area is 273 Å². The second-order valence-electron chi connectivity index (χ2n) is 11.1. The zero-order valence-corrected chi connectivity index (χ0v) is 27.2. The van der Waals surface area contributed by atoms with Crippen molar-refractivity contribution in [3.05, 3.63) is 130 Å². The average molecular weight is 651 g/mol. The Bertz CT molecular complexity index is 2130. The van der Waals surface area contributed by atoms with E-state index in [1.165, 1.54) is 12.3 Å². The van der Waals surface area contributed by atoms with Crippen molar-refractivity contribution in [3.63, 3.8) is 0 Å². The van der Waals surface area contributed by atoms with Gasteiger partial charge in [-0.1, -0.05) is 36.9 Å². The van der Waals surface area contributed by atoms with E-state index in [-0.39, 0.29) is 16.2 Å².